The van der Waals surface area contributed by atoms with Gasteiger partial charge < -0.3 is 19.1 Å². The Kier molecular flexibility index (Phi) is 9.19. The molecule has 2 saturated heterocycles. The van der Waals surface area contributed by atoms with E-state index in [4.69, 9.17) is 14.2 Å². The highest BCUT2D eigenvalue weighted by atomic mass is 28.3. The zero-order chi connectivity index (χ0) is 29.6. The predicted molar refractivity (Wildman–Crippen MR) is 172 cm³/mol. The molecule has 2 aliphatic rings. The third-order valence-corrected chi connectivity index (χ3v) is 13.4. The molecule has 0 spiro atoms. The second kappa shape index (κ2) is 13.4. The maximum absolute atomic E-state index is 14.0. The molecule has 4 aromatic rings. The van der Waals surface area contributed by atoms with Gasteiger partial charge in [-0.25, -0.2) is 0 Å². The number of hydrogen-bond donors (Lipinski definition) is 0. The first-order valence-corrected chi connectivity index (χ1v) is 18.4. The van der Waals surface area contributed by atoms with Crippen LogP contribution in [0.1, 0.15) is 23.1 Å². The van der Waals surface area contributed by atoms with Gasteiger partial charge in [0.25, 0.3) is 0 Å². The van der Waals surface area contributed by atoms with Gasteiger partial charge in [0.1, 0.15) is 12.2 Å². The molecular formula is C37H41NO4Si. The summed E-state index contributed by atoms with van der Waals surface area (Å²) in [5, 5.41) is 1.36. The SMILES string of the molecule is C[Si](C)(c1ccccc1)[C@H]1CC(=O)N2[C@H]1[C@@H](OCc1ccccc1)[C@H](OCc1ccccc1)[C@H]2COCc1ccccc1. The highest BCUT2D eigenvalue weighted by Gasteiger charge is 2.62. The molecule has 0 saturated carbocycles. The maximum Gasteiger partial charge on any atom is 0.223 e. The largest absolute Gasteiger partial charge is 0.375 e. The lowest BCUT2D eigenvalue weighted by Gasteiger charge is -2.36. The molecule has 5 nitrogen and oxygen atoms in total. The zero-order valence-corrected chi connectivity index (χ0v) is 26.0. The molecule has 0 N–H and O–H groups in total. The molecule has 1 amide bonds. The lowest BCUT2D eigenvalue weighted by Crippen LogP contribution is -2.52. The Labute approximate surface area is 256 Å². The molecule has 2 aliphatic heterocycles. The summed E-state index contributed by atoms with van der Waals surface area (Å²) in [6, 6.07) is 41.1. The van der Waals surface area contributed by atoms with Crippen molar-refractivity contribution in [2.45, 2.75) is 69.2 Å². The fourth-order valence-electron chi connectivity index (χ4n) is 6.88. The summed E-state index contributed by atoms with van der Waals surface area (Å²) in [6.45, 7) is 6.59. The Morgan fingerprint density at radius 2 is 1.12 bits per heavy atom. The van der Waals surface area contributed by atoms with Crippen molar-refractivity contribution >= 4 is 19.2 Å². The summed E-state index contributed by atoms with van der Waals surface area (Å²) in [5.41, 5.74) is 3.51. The molecule has 6 rings (SSSR count). The molecule has 5 atom stereocenters. The van der Waals surface area contributed by atoms with E-state index in [9.17, 15) is 4.79 Å². The van der Waals surface area contributed by atoms with Crippen LogP contribution in [0.2, 0.25) is 18.6 Å². The Balaban J connectivity index is 1.33. The van der Waals surface area contributed by atoms with E-state index in [1.54, 1.807) is 0 Å². The van der Waals surface area contributed by atoms with Crippen molar-refractivity contribution < 1.29 is 19.0 Å². The number of benzene rings is 4. The van der Waals surface area contributed by atoms with Gasteiger partial charge in [0, 0.05) is 6.42 Å². The number of carbonyl (C=O) groups is 1. The normalized spacial score (nSPS) is 23.4. The van der Waals surface area contributed by atoms with E-state index in [0.717, 1.165) is 16.7 Å². The first kappa shape index (κ1) is 29.5. The minimum absolute atomic E-state index is 0.0795. The second-order valence-corrected chi connectivity index (χ2v) is 17.0. The number of ether oxygens (including phenoxy) is 3. The molecule has 0 radical (unpaired) electrons. The van der Waals surface area contributed by atoms with Gasteiger partial charge in [-0.3, -0.25) is 4.79 Å². The average Bonchev–Trinajstić information content (AvgIpc) is 3.55. The van der Waals surface area contributed by atoms with Crippen LogP contribution in [0.3, 0.4) is 0 Å². The van der Waals surface area contributed by atoms with Gasteiger partial charge in [0.15, 0.2) is 0 Å². The Morgan fingerprint density at radius 1 is 0.651 bits per heavy atom. The van der Waals surface area contributed by atoms with E-state index in [0.29, 0.717) is 32.8 Å². The second-order valence-electron chi connectivity index (χ2n) is 12.3. The fraction of sp³-hybridized carbons (Fsp3) is 0.324. The molecule has 0 bridgehead atoms. The molecule has 4 aromatic carbocycles. The van der Waals surface area contributed by atoms with Crippen molar-refractivity contribution in [2.75, 3.05) is 6.61 Å². The molecule has 2 fully saturated rings. The number of amides is 1. The maximum atomic E-state index is 14.0. The van der Waals surface area contributed by atoms with E-state index in [-0.39, 0.29) is 35.7 Å². The van der Waals surface area contributed by atoms with Crippen LogP contribution in [0.5, 0.6) is 0 Å². The van der Waals surface area contributed by atoms with E-state index in [2.05, 4.69) is 84.7 Å². The van der Waals surface area contributed by atoms with Gasteiger partial charge in [-0.2, -0.15) is 0 Å². The summed E-state index contributed by atoms with van der Waals surface area (Å²) in [7, 11) is -2.09. The average molecular weight is 592 g/mol. The number of carbonyl (C=O) groups excluding carboxylic acids is 1. The van der Waals surface area contributed by atoms with Crippen molar-refractivity contribution in [3.63, 3.8) is 0 Å². The Bertz CT molecular complexity index is 1450. The van der Waals surface area contributed by atoms with Crippen LogP contribution in [0, 0.1) is 0 Å². The molecule has 0 unspecified atom stereocenters. The molecular weight excluding hydrogens is 550 g/mol. The number of nitrogens with zero attached hydrogens (tertiary/aromatic N) is 1. The van der Waals surface area contributed by atoms with E-state index in [1.807, 2.05) is 54.6 Å². The summed E-state index contributed by atoms with van der Waals surface area (Å²) >= 11 is 0. The van der Waals surface area contributed by atoms with Gasteiger partial charge >= 0.3 is 0 Å². The molecule has 43 heavy (non-hydrogen) atoms. The van der Waals surface area contributed by atoms with Crippen LogP contribution in [0.15, 0.2) is 121 Å². The highest BCUT2D eigenvalue weighted by molar-refractivity contribution is 6.91. The monoisotopic (exact) mass is 591 g/mol. The Hall–Kier alpha value is -3.55. The van der Waals surface area contributed by atoms with Crippen molar-refractivity contribution in [3.05, 3.63) is 138 Å². The lowest BCUT2D eigenvalue weighted by molar-refractivity contribution is -0.133. The molecule has 0 aromatic heterocycles. The van der Waals surface area contributed by atoms with Gasteiger partial charge in [-0.05, 0) is 22.2 Å². The quantitative estimate of drug-likeness (QED) is 0.180. The van der Waals surface area contributed by atoms with Gasteiger partial charge in [0.05, 0.1) is 46.6 Å². The van der Waals surface area contributed by atoms with E-state index < -0.39 is 8.07 Å². The van der Waals surface area contributed by atoms with Gasteiger partial charge in [-0.15, -0.1) is 0 Å². The molecule has 2 heterocycles. The van der Waals surface area contributed by atoms with Crippen LogP contribution >= 0.6 is 0 Å². The minimum Gasteiger partial charge on any atom is -0.375 e. The summed E-state index contributed by atoms with van der Waals surface area (Å²) in [6.07, 6.45) is -0.0666. The van der Waals surface area contributed by atoms with Crippen LogP contribution in [0.25, 0.3) is 0 Å². The smallest absolute Gasteiger partial charge is 0.223 e. The first-order chi connectivity index (χ1) is 21.0. The van der Waals surface area contributed by atoms with Crippen molar-refractivity contribution in [2.24, 2.45) is 0 Å². The summed E-state index contributed by atoms with van der Waals surface area (Å²) in [5.74, 6) is 0.180. The predicted octanol–water partition coefficient (Wildman–Crippen LogP) is 6.34. The third-order valence-electron chi connectivity index (χ3n) is 9.23. The lowest BCUT2D eigenvalue weighted by atomic mass is 10.0. The number of hydrogen-bond acceptors (Lipinski definition) is 4. The van der Waals surface area contributed by atoms with Crippen molar-refractivity contribution in [3.8, 4) is 0 Å². The van der Waals surface area contributed by atoms with Crippen LogP contribution in [0.4, 0.5) is 0 Å². The van der Waals surface area contributed by atoms with Crippen LogP contribution in [-0.2, 0) is 38.8 Å². The van der Waals surface area contributed by atoms with E-state index in [1.165, 1.54) is 5.19 Å². The van der Waals surface area contributed by atoms with Crippen molar-refractivity contribution in [1.29, 1.82) is 0 Å². The molecule has 6 heteroatoms. The molecule has 222 valence electrons. The summed E-state index contributed by atoms with van der Waals surface area (Å²) < 4.78 is 20.0. The van der Waals surface area contributed by atoms with E-state index >= 15 is 0 Å². The first-order valence-electron chi connectivity index (χ1n) is 15.3. The van der Waals surface area contributed by atoms with Gasteiger partial charge in [-0.1, -0.05) is 140 Å². The zero-order valence-electron chi connectivity index (χ0n) is 25.0. The van der Waals surface area contributed by atoms with Crippen LogP contribution in [-0.4, -0.2) is 49.8 Å². The summed E-state index contributed by atoms with van der Waals surface area (Å²) in [4.78, 5) is 16.1. The number of rotatable bonds is 12. The standard InChI is InChI=1S/C37H41NO4Si/c1-43(2,31-21-13-6-14-22-31)33-23-34(39)38-32(27-40-24-28-15-7-3-8-16-28)36(41-25-29-17-9-4-10-18-29)37(35(33)38)42-26-30-19-11-5-12-20-30/h3-22,32-33,35-37H,23-27H2,1-2H3/t32-,33+,35-,36-,37-/m1/s1. The van der Waals surface area contributed by atoms with Crippen LogP contribution < -0.4 is 5.19 Å². The third kappa shape index (κ3) is 6.53. The highest BCUT2D eigenvalue weighted by Crippen LogP contribution is 2.48. The molecule has 0 aliphatic carbocycles. The number of fused-ring (bicyclic) bond motifs is 1. The van der Waals surface area contributed by atoms with Gasteiger partial charge in [0.2, 0.25) is 5.91 Å². The Morgan fingerprint density at radius 3 is 1.65 bits per heavy atom. The van der Waals surface area contributed by atoms with Crippen molar-refractivity contribution in [1.82, 2.24) is 4.90 Å². The minimum atomic E-state index is -2.09. The topological polar surface area (TPSA) is 48.0 Å². The fourth-order valence-corrected chi connectivity index (χ4v) is 10.3.